The van der Waals surface area contributed by atoms with E-state index in [0.29, 0.717) is 5.96 Å². The Kier molecular flexibility index (Phi) is 10.9. The van der Waals surface area contributed by atoms with Crippen molar-refractivity contribution in [1.29, 1.82) is 0 Å². The van der Waals surface area contributed by atoms with E-state index < -0.39 is 5.82 Å². The number of amides is 2. The molecule has 1 aliphatic rings. The van der Waals surface area contributed by atoms with Gasteiger partial charge in [-0.1, -0.05) is 43.0 Å². The Morgan fingerprint density at radius 3 is 2.47 bits per heavy atom. The molecule has 0 spiro atoms. The van der Waals surface area contributed by atoms with Crippen LogP contribution in [0, 0.1) is 5.82 Å². The molecule has 1 aliphatic carbocycles. The molecule has 11 heteroatoms. The van der Waals surface area contributed by atoms with Gasteiger partial charge in [-0.05, 0) is 25.0 Å². The fourth-order valence-corrected chi connectivity index (χ4v) is 3.60. The van der Waals surface area contributed by atoms with Crippen LogP contribution in [0.4, 0.5) is 4.39 Å². The van der Waals surface area contributed by atoms with Crippen molar-refractivity contribution in [2.24, 2.45) is 4.99 Å². The summed E-state index contributed by atoms with van der Waals surface area (Å²) in [6.45, 7) is 7.21. The Morgan fingerprint density at radius 1 is 1.19 bits per heavy atom. The number of hydrogen-bond donors (Lipinski definition) is 1. The van der Waals surface area contributed by atoms with E-state index in [1.54, 1.807) is 57.6 Å². The number of carbonyl (C=O) groups is 2. The van der Waals surface area contributed by atoms with Crippen LogP contribution >= 0.6 is 11.6 Å². The number of rotatable bonds is 12. The molecular weight excluding hydrogens is 485 g/mol. The highest BCUT2D eigenvalue weighted by Crippen LogP contribution is 2.27. The Labute approximate surface area is 217 Å². The molecule has 0 unspecified atom stereocenters. The Balaban J connectivity index is 2.10. The summed E-state index contributed by atoms with van der Waals surface area (Å²) in [6, 6.07) is 4.62. The number of hydrogen-bond acceptors (Lipinski definition) is 5. The molecule has 0 saturated heterocycles. The third-order valence-corrected chi connectivity index (χ3v) is 5.82. The second kappa shape index (κ2) is 13.6. The molecule has 0 atom stereocenters. The van der Waals surface area contributed by atoms with Crippen LogP contribution in [0.2, 0.25) is 5.02 Å². The molecule has 0 aliphatic heterocycles. The van der Waals surface area contributed by atoms with E-state index >= 15 is 0 Å². The summed E-state index contributed by atoms with van der Waals surface area (Å²) in [5, 5.41) is 7.86. The predicted octanol–water partition coefficient (Wildman–Crippen LogP) is 2.84. The Bertz CT molecular complexity index is 1010. The lowest BCUT2D eigenvalue weighted by Gasteiger charge is -2.40. The van der Waals surface area contributed by atoms with Gasteiger partial charge in [0.05, 0.1) is 11.6 Å². The van der Waals surface area contributed by atoms with E-state index in [4.69, 9.17) is 11.6 Å². The van der Waals surface area contributed by atoms with Crippen molar-refractivity contribution in [3.05, 3.63) is 72.3 Å². The summed E-state index contributed by atoms with van der Waals surface area (Å²) in [6.07, 6.45) is 8.14. The normalized spacial score (nSPS) is 13.5. The second-order valence-corrected chi connectivity index (χ2v) is 8.84. The van der Waals surface area contributed by atoms with E-state index in [-0.39, 0.29) is 48.1 Å². The van der Waals surface area contributed by atoms with Crippen LogP contribution in [0.25, 0.3) is 0 Å². The van der Waals surface area contributed by atoms with Gasteiger partial charge in [-0.2, -0.15) is 0 Å². The molecule has 1 fully saturated rings. The number of nitrogens with zero attached hydrogens (tertiary/aromatic N) is 6. The van der Waals surface area contributed by atoms with Crippen LogP contribution < -0.4 is 5.32 Å². The van der Waals surface area contributed by atoms with Crippen molar-refractivity contribution in [3.63, 3.8) is 0 Å². The first-order valence-electron chi connectivity index (χ1n) is 11.5. The number of benzene rings is 1. The van der Waals surface area contributed by atoms with E-state index in [9.17, 15) is 14.0 Å². The monoisotopic (exact) mass is 519 g/mol. The summed E-state index contributed by atoms with van der Waals surface area (Å²) in [5.41, 5.74) is 0.281. The van der Waals surface area contributed by atoms with Gasteiger partial charge in [-0.25, -0.2) is 9.38 Å². The summed E-state index contributed by atoms with van der Waals surface area (Å²) in [5.74, 6) is -0.559. The second-order valence-electron chi connectivity index (χ2n) is 8.44. The maximum Gasteiger partial charge on any atom is 0.244 e. The van der Waals surface area contributed by atoms with E-state index in [1.165, 1.54) is 12.3 Å². The Hall–Kier alpha value is -3.37. The third-order valence-electron chi connectivity index (χ3n) is 5.52. The number of halogens is 2. The van der Waals surface area contributed by atoms with Gasteiger partial charge in [0.1, 0.15) is 12.4 Å². The lowest BCUT2D eigenvalue weighted by atomic mass is 10.2. The van der Waals surface area contributed by atoms with Crippen molar-refractivity contribution < 1.29 is 14.0 Å². The van der Waals surface area contributed by atoms with Crippen LogP contribution in [0.5, 0.6) is 0 Å². The first-order valence-corrected chi connectivity index (χ1v) is 11.9. The van der Waals surface area contributed by atoms with Crippen molar-refractivity contribution >= 4 is 29.4 Å². The third kappa shape index (κ3) is 8.10. The fraction of sp³-hybridized carbons (Fsp3) is 0.400. The smallest absolute Gasteiger partial charge is 0.244 e. The predicted molar refractivity (Wildman–Crippen MR) is 141 cm³/mol. The lowest BCUT2D eigenvalue weighted by molar-refractivity contribution is -0.146. The largest absolute Gasteiger partial charge is 0.350 e. The maximum atomic E-state index is 14.1. The van der Waals surface area contributed by atoms with Crippen LogP contribution in [0.3, 0.4) is 0 Å². The maximum absolute atomic E-state index is 14.1. The molecule has 1 aromatic carbocycles. The molecular formula is C25H35ClFN7O2. The zero-order valence-corrected chi connectivity index (χ0v) is 22.1. The molecule has 196 valence electrons. The number of aliphatic imine (C=N–C) groups is 1. The molecule has 2 rings (SSSR count). The van der Waals surface area contributed by atoms with Crippen molar-refractivity contribution in [2.45, 2.75) is 25.4 Å². The summed E-state index contributed by atoms with van der Waals surface area (Å²) >= 11 is 5.81. The van der Waals surface area contributed by atoms with Crippen molar-refractivity contribution in [1.82, 2.24) is 30.3 Å². The molecule has 0 aromatic heterocycles. The Morgan fingerprint density at radius 2 is 1.89 bits per heavy atom. The van der Waals surface area contributed by atoms with Crippen molar-refractivity contribution in [2.75, 3.05) is 41.3 Å². The SMILES string of the molecule is C=C/C=C/N(CC(=O)N(CC(=O)NCc1cccc(Cl)c1F)C1CC1)N(C)N(C)C(=NC=C)N(C)C. The molecule has 1 saturated carbocycles. The van der Waals surface area contributed by atoms with Gasteiger partial charge in [0, 0.05) is 58.7 Å². The van der Waals surface area contributed by atoms with Crippen LogP contribution in [0.1, 0.15) is 18.4 Å². The average molecular weight is 520 g/mol. The molecule has 36 heavy (non-hydrogen) atoms. The first kappa shape index (κ1) is 28.9. The molecule has 0 heterocycles. The van der Waals surface area contributed by atoms with Crippen LogP contribution in [-0.4, -0.2) is 90.0 Å². The van der Waals surface area contributed by atoms with Crippen molar-refractivity contribution in [3.8, 4) is 0 Å². The minimum absolute atomic E-state index is 0.000843. The molecule has 9 nitrogen and oxygen atoms in total. The van der Waals surface area contributed by atoms with E-state index in [1.807, 2.05) is 26.0 Å². The first-order chi connectivity index (χ1) is 17.1. The number of carbonyl (C=O) groups excluding carboxylic acids is 2. The lowest BCUT2D eigenvalue weighted by Crippen LogP contribution is -2.55. The van der Waals surface area contributed by atoms with Gasteiger partial charge >= 0.3 is 0 Å². The molecule has 1 aromatic rings. The molecule has 0 radical (unpaired) electrons. The van der Waals surface area contributed by atoms with Gasteiger partial charge in [-0.3, -0.25) is 19.6 Å². The number of hydrazine groups is 2. The van der Waals surface area contributed by atoms with Gasteiger partial charge in [0.15, 0.2) is 0 Å². The highest BCUT2D eigenvalue weighted by molar-refractivity contribution is 6.30. The molecule has 1 N–H and O–H groups in total. The number of nitrogens with one attached hydrogen (secondary N) is 1. The zero-order chi connectivity index (χ0) is 26.8. The standard InChI is InChI=1S/C25H35ClFN7O2/c1-7-9-15-33(32(6)31(5)25(28-8-2)30(3)4)18-23(36)34(20-13-14-20)17-22(35)29-16-19-11-10-12-21(26)24(19)27/h7-12,15,20H,1-2,13-14,16-18H2,3-6H3,(H,29,35)/b15-9+,28-25?. The highest BCUT2D eigenvalue weighted by atomic mass is 35.5. The number of guanidine groups is 1. The summed E-state index contributed by atoms with van der Waals surface area (Å²) in [7, 11) is 7.30. The topological polar surface area (TPSA) is 74.7 Å². The molecule has 0 bridgehead atoms. The van der Waals surface area contributed by atoms with Crippen LogP contribution in [0.15, 0.2) is 60.9 Å². The minimum atomic E-state index is -0.566. The van der Waals surface area contributed by atoms with Crippen LogP contribution in [-0.2, 0) is 16.1 Å². The summed E-state index contributed by atoms with van der Waals surface area (Å²) in [4.78, 5) is 33.7. The van der Waals surface area contributed by atoms with Gasteiger partial charge < -0.3 is 15.1 Å². The fourth-order valence-electron chi connectivity index (χ4n) is 3.41. The highest BCUT2D eigenvalue weighted by Gasteiger charge is 2.35. The number of allylic oxidation sites excluding steroid dienone is 2. The van der Waals surface area contributed by atoms with E-state index in [0.717, 1.165) is 12.8 Å². The van der Waals surface area contributed by atoms with Gasteiger partial charge in [0.25, 0.3) is 0 Å². The quantitative estimate of drug-likeness (QED) is 0.198. The minimum Gasteiger partial charge on any atom is -0.350 e. The average Bonchev–Trinajstić information content (AvgIpc) is 3.68. The van der Waals surface area contributed by atoms with Gasteiger partial charge in [-0.15, -0.1) is 5.12 Å². The summed E-state index contributed by atoms with van der Waals surface area (Å²) < 4.78 is 14.1. The molecule has 2 amide bonds. The zero-order valence-electron chi connectivity index (χ0n) is 21.3. The van der Waals surface area contributed by atoms with Gasteiger partial charge in [0.2, 0.25) is 17.8 Å². The van der Waals surface area contributed by atoms with E-state index in [2.05, 4.69) is 23.5 Å².